The predicted octanol–water partition coefficient (Wildman–Crippen LogP) is 15.3. The van der Waals surface area contributed by atoms with E-state index >= 15 is 0 Å². The predicted molar refractivity (Wildman–Crippen MR) is 276 cm³/mol. The molecule has 0 aliphatic heterocycles. The van der Waals surface area contributed by atoms with Crippen LogP contribution in [0.4, 0.5) is 17.3 Å². The van der Waals surface area contributed by atoms with E-state index in [2.05, 4.69) is 238 Å². The molecule has 0 aliphatic carbocycles. The first kappa shape index (κ1) is 44.2. The Morgan fingerprint density at radius 1 is 0.529 bits per heavy atom. The summed E-state index contributed by atoms with van der Waals surface area (Å²) in [5.41, 5.74) is 19.1. The van der Waals surface area contributed by atoms with Gasteiger partial charge in [-0.15, -0.1) is 59.2 Å². The van der Waals surface area contributed by atoms with Crippen LogP contribution in [-0.4, -0.2) is 23.9 Å². The van der Waals surface area contributed by atoms with Gasteiger partial charge in [-0.05, 0) is 116 Å². The van der Waals surface area contributed by atoms with Crippen molar-refractivity contribution in [2.24, 2.45) is 0 Å². The number of aryl methyl sites for hydroxylation is 6. The van der Waals surface area contributed by atoms with Gasteiger partial charge in [-0.1, -0.05) is 126 Å². The first-order valence-electron chi connectivity index (χ1n) is 22.8. The summed E-state index contributed by atoms with van der Waals surface area (Å²) in [6.07, 6.45) is 4.25. The van der Waals surface area contributed by atoms with Gasteiger partial charge in [-0.2, -0.15) is 0 Å². The van der Waals surface area contributed by atoms with Gasteiger partial charge in [0.2, 0.25) is 0 Å². The third-order valence-electron chi connectivity index (χ3n) is 13.1. The van der Waals surface area contributed by atoms with E-state index in [4.69, 9.17) is 15.0 Å². The maximum absolute atomic E-state index is 5.65. The van der Waals surface area contributed by atoms with Crippen molar-refractivity contribution in [2.75, 3.05) is 4.90 Å². The van der Waals surface area contributed by atoms with Gasteiger partial charge < -0.3 is 8.97 Å². The molecule has 11 rings (SSSR count). The Hall–Kier alpha value is -7.66. The van der Waals surface area contributed by atoms with Crippen LogP contribution < -0.4 is 4.90 Å². The maximum Gasteiger partial charge on any atom is 2.00 e. The number of pyridine rings is 2. The molecule has 68 heavy (non-hydrogen) atoms. The molecule has 4 aromatic heterocycles. The summed E-state index contributed by atoms with van der Waals surface area (Å²) in [5, 5.41) is 2.12. The summed E-state index contributed by atoms with van der Waals surface area (Å²) in [4.78, 5) is 18.4. The molecule has 6 nitrogen and oxygen atoms in total. The summed E-state index contributed by atoms with van der Waals surface area (Å²) in [6, 6.07) is 66.9. The Bertz CT molecular complexity index is 3620. The number of nitrogens with zero attached hydrogens (tertiary/aromatic N) is 6. The molecule has 332 valence electrons. The van der Waals surface area contributed by atoms with Crippen LogP contribution in [-0.2, 0) is 21.1 Å². The normalized spacial score (nSPS) is 11.3. The molecule has 0 bridgehead atoms. The molecule has 0 N–H and O–H groups in total. The van der Waals surface area contributed by atoms with Crippen LogP contribution in [0, 0.1) is 53.7 Å². The zero-order chi connectivity index (χ0) is 45.8. The molecular weight excluding hydrogens is 1010 g/mol. The van der Waals surface area contributed by atoms with Gasteiger partial charge in [-0.25, -0.2) is 4.98 Å². The zero-order valence-corrected chi connectivity index (χ0v) is 41.1. The summed E-state index contributed by atoms with van der Waals surface area (Å²) in [6.45, 7) is 12.9. The average Bonchev–Trinajstić information content (AvgIpc) is 3.92. The van der Waals surface area contributed by atoms with E-state index in [-0.39, 0.29) is 21.1 Å². The molecule has 0 amide bonds. The third-order valence-corrected chi connectivity index (χ3v) is 13.1. The minimum absolute atomic E-state index is 0. The molecule has 11 aromatic rings. The minimum atomic E-state index is 0. The largest absolute Gasteiger partial charge is 2.00 e. The molecular formula is C61H48N6Pt. The molecule has 7 aromatic carbocycles. The van der Waals surface area contributed by atoms with E-state index in [0.717, 1.165) is 89.9 Å². The summed E-state index contributed by atoms with van der Waals surface area (Å²) >= 11 is 0. The monoisotopic (exact) mass is 1060 g/mol. The van der Waals surface area contributed by atoms with Crippen molar-refractivity contribution in [3.63, 3.8) is 0 Å². The molecule has 0 spiro atoms. The van der Waals surface area contributed by atoms with E-state index in [1.807, 2.05) is 12.1 Å². The van der Waals surface area contributed by atoms with Crippen molar-refractivity contribution in [1.82, 2.24) is 23.9 Å². The van der Waals surface area contributed by atoms with Crippen molar-refractivity contribution in [3.05, 3.63) is 228 Å². The number of imidazole rings is 2. The molecule has 0 atom stereocenters. The summed E-state index contributed by atoms with van der Waals surface area (Å²) in [5.74, 6) is 2.19. The molecule has 0 saturated heterocycles. The molecule has 7 heteroatoms. The van der Waals surface area contributed by atoms with Crippen LogP contribution in [0.25, 0.3) is 78.1 Å². The number of hydrogen-bond acceptors (Lipinski definition) is 4. The topological polar surface area (TPSA) is 51.3 Å². The SMILES string of the molecule is Cc1cccc(C)c1-c1cc[c-]c(-c2nc(N(c3ccccc3)c3cc(-c4c(C)cccc4C)cc(-c4[c-]cc5ccn6c(C)c(C)nc6c5c4)n3)cn2-c2ccccc2-c2ccccc2)c1.[Pt+2]. The second-order valence-electron chi connectivity index (χ2n) is 17.5. The Morgan fingerprint density at radius 2 is 1.19 bits per heavy atom. The number of aromatic nitrogens is 5. The number of hydrogen-bond donors (Lipinski definition) is 0. The van der Waals surface area contributed by atoms with Crippen LogP contribution in [0.5, 0.6) is 0 Å². The Labute approximate surface area is 412 Å². The van der Waals surface area contributed by atoms with E-state index in [1.54, 1.807) is 0 Å². The van der Waals surface area contributed by atoms with E-state index in [1.165, 1.54) is 33.4 Å². The minimum Gasteiger partial charge on any atom is -0.337 e. The van der Waals surface area contributed by atoms with Crippen molar-refractivity contribution in [2.45, 2.75) is 41.5 Å². The van der Waals surface area contributed by atoms with Crippen molar-refractivity contribution in [3.8, 4) is 61.7 Å². The number of anilines is 3. The van der Waals surface area contributed by atoms with E-state index in [0.29, 0.717) is 5.82 Å². The Balaban J connectivity index is 0.00000539. The van der Waals surface area contributed by atoms with Gasteiger partial charge in [0, 0.05) is 35.0 Å². The number of fused-ring (bicyclic) bond motifs is 3. The van der Waals surface area contributed by atoms with Gasteiger partial charge in [0.15, 0.2) is 0 Å². The second kappa shape index (κ2) is 18.2. The second-order valence-corrected chi connectivity index (χ2v) is 17.5. The number of rotatable bonds is 9. The first-order valence-corrected chi connectivity index (χ1v) is 22.8. The van der Waals surface area contributed by atoms with Gasteiger partial charge in [-0.3, -0.25) is 14.9 Å². The van der Waals surface area contributed by atoms with Crippen LogP contribution in [0.1, 0.15) is 33.6 Å². The van der Waals surface area contributed by atoms with Gasteiger partial charge >= 0.3 is 21.1 Å². The molecule has 0 fully saturated rings. The fourth-order valence-corrected chi connectivity index (χ4v) is 9.69. The maximum atomic E-state index is 5.65. The van der Waals surface area contributed by atoms with E-state index in [9.17, 15) is 0 Å². The van der Waals surface area contributed by atoms with Gasteiger partial charge in [0.1, 0.15) is 17.3 Å². The van der Waals surface area contributed by atoms with Crippen LogP contribution in [0.3, 0.4) is 0 Å². The molecule has 0 radical (unpaired) electrons. The summed E-state index contributed by atoms with van der Waals surface area (Å²) < 4.78 is 4.39. The zero-order valence-electron chi connectivity index (χ0n) is 38.8. The fourth-order valence-electron chi connectivity index (χ4n) is 9.69. The molecule has 0 unspecified atom stereocenters. The summed E-state index contributed by atoms with van der Waals surface area (Å²) in [7, 11) is 0. The van der Waals surface area contributed by atoms with Crippen molar-refractivity contribution >= 4 is 33.7 Å². The van der Waals surface area contributed by atoms with Crippen LogP contribution in [0.2, 0.25) is 0 Å². The van der Waals surface area contributed by atoms with E-state index < -0.39 is 0 Å². The fraction of sp³-hybridized carbons (Fsp3) is 0.0984. The third kappa shape index (κ3) is 7.95. The Kier molecular flexibility index (Phi) is 11.8. The molecule has 0 aliphatic rings. The quantitative estimate of drug-likeness (QED) is 0.135. The number of para-hydroxylation sites is 2. The first-order chi connectivity index (χ1) is 32.7. The van der Waals surface area contributed by atoms with Crippen molar-refractivity contribution in [1.29, 1.82) is 0 Å². The van der Waals surface area contributed by atoms with Gasteiger partial charge in [0.25, 0.3) is 0 Å². The smallest absolute Gasteiger partial charge is 0.337 e. The van der Waals surface area contributed by atoms with Gasteiger partial charge in [0.05, 0.1) is 11.5 Å². The van der Waals surface area contributed by atoms with Crippen LogP contribution in [0.15, 0.2) is 182 Å². The Morgan fingerprint density at radius 3 is 1.91 bits per heavy atom. The molecule has 0 saturated carbocycles. The standard InChI is InChI=1S/C61H48N6.Pt/c1-39-18-15-19-40(2)58(39)48-24-17-25-49(34-48)60-64-57(38-66(60)55-29-14-13-28-52(55)45-22-9-7-10-23-45)67(51-26-11-8-12-27-51)56-37-50(59-41(3)20-16-21-42(59)4)36-54(63-56)47-31-30-46-32-33-65-44(6)43(5)62-61(65)53(46)35-47;/h7-24,26-30,32-38H,1-6H3;/q-2;+2. The van der Waals surface area contributed by atoms with Crippen LogP contribution >= 0.6 is 0 Å². The molecule has 4 heterocycles. The average molecular weight is 1060 g/mol. The van der Waals surface area contributed by atoms with Crippen molar-refractivity contribution < 1.29 is 21.1 Å². The number of benzene rings is 7.